The van der Waals surface area contributed by atoms with Crippen molar-refractivity contribution in [3.63, 3.8) is 0 Å². The van der Waals surface area contributed by atoms with E-state index in [0.29, 0.717) is 18.6 Å². The third kappa shape index (κ3) is 4.78. The minimum Gasteiger partial charge on any atom is -0.469 e. The molecule has 29 heavy (non-hydrogen) atoms. The van der Waals surface area contributed by atoms with Gasteiger partial charge < -0.3 is 14.6 Å². The molecule has 0 aliphatic heterocycles. The highest BCUT2D eigenvalue weighted by molar-refractivity contribution is 6.33. The molecule has 156 valence electrons. The van der Waals surface area contributed by atoms with Gasteiger partial charge in [0, 0.05) is 12.5 Å². The lowest BCUT2D eigenvalue weighted by molar-refractivity contribution is -0.141. The Kier molecular flexibility index (Phi) is 6.90. The second kappa shape index (κ2) is 9.39. The summed E-state index contributed by atoms with van der Waals surface area (Å²) < 4.78 is 24.3. The number of carbonyl (C=O) groups is 2. The molecule has 1 aliphatic rings. The SMILES string of the molecule is COC(=O)CC[C@@H]1CCCC[C@@H]1NC(=O)c1c(-c2c(F)cccc2Cl)noc1C. The predicted octanol–water partition coefficient (Wildman–Crippen LogP) is 4.68. The van der Waals surface area contributed by atoms with Gasteiger partial charge in [-0.3, -0.25) is 9.59 Å². The van der Waals surface area contributed by atoms with E-state index in [1.807, 2.05) is 0 Å². The average Bonchev–Trinajstić information content (AvgIpc) is 3.08. The van der Waals surface area contributed by atoms with Crippen molar-refractivity contribution in [2.24, 2.45) is 5.92 Å². The summed E-state index contributed by atoms with van der Waals surface area (Å²) in [5.41, 5.74) is 0.307. The van der Waals surface area contributed by atoms with Crippen LogP contribution in [0.5, 0.6) is 0 Å². The molecule has 1 aliphatic carbocycles. The Hall–Kier alpha value is -2.41. The molecule has 0 unspecified atom stereocenters. The fraction of sp³-hybridized carbons (Fsp3) is 0.476. The molecule has 0 spiro atoms. The summed E-state index contributed by atoms with van der Waals surface area (Å²) in [4.78, 5) is 24.6. The summed E-state index contributed by atoms with van der Waals surface area (Å²) in [6.45, 7) is 1.61. The number of halogens is 2. The number of amides is 1. The molecule has 1 amide bonds. The van der Waals surface area contributed by atoms with Gasteiger partial charge in [-0.2, -0.15) is 0 Å². The van der Waals surface area contributed by atoms with E-state index in [1.165, 1.54) is 25.3 Å². The molecule has 3 rings (SSSR count). The molecule has 6 nitrogen and oxygen atoms in total. The number of methoxy groups -OCH3 is 1. The van der Waals surface area contributed by atoms with Crippen molar-refractivity contribution >= 4 is 23.5 Å². The Labute approximate surface area is 173 Å². The number of hydrogen-bond acceptors (Lipinski definition) is 5. The van der Waals surface area contributed by atoms with Crippen molar-refractivity contribution in [1.29, 1.82) is 0 Å². The number of aryl methyl sites for hydroxylation is 1. The van der Waals surface area contributed by atoms with Crippen LogP contribution in [0.4, 0.5) is 4.39 Å². The molecule has 1 aromatic heterocycles. The maximum Gasteiger partial charge on any atom is 0.305 e. The molecule has 2 atom stereocenters. The number of carbonyl (C=O) groups excluding carboxylic acids is 2. The summed E-state index contributed by atoms with van der Waals surface area (Å²) >= 11 is 6.15. The van der Waals surface area contributed by atoms with Crippen LogP contribution in [0, 0.1) is 18.7 Å². The van der Waals surface area contributed by atoms with Gasteiger partial charge >= 0.3 is 5.97 Å². The normalized spacial score (nSPS) is 19.0. The lowest BCUT2D eigenvalue weighted by Crippen LogP contribution is -2.42. The van der Waals surface area contributed by atoms with E-state index in [1.54, 1.807) is 6.92 Å². The average molecular weight is 423 g/mol. The molecular formula is C21H24ClFN2O4. The van der Waals surface area contributed by atoms with Crippen LogP contribution in [0.2, 0.25) is 5.02 Å². The van der Waals surface area contributed by atoms with Crippen LogP contribution in [0.15, 0.2) is 22.7 Å². The molecule has 0 saturated heterocycles. The molecule has 1 fully saturated rings. The lowest BCUT2D eigenvalue weighted by atomic mass is 9.81. The smallest absolute Gasteiger partial charge is 0.305 e. The molecule has 1 aromatic carbocycles. The summed E-state index contributed by atoms with van der Waals surface area (Å²) in [6, 6.07) is 4.20. The van der Waals surface area contributed by atoms with Crippen molar-refractivity contribution in [3.8, 4) is 11.3 Å². The molecule has 2 aromatic rings. The molecule has 1 heterocycles. The molecule has 0 radical (unpaired) electrons. The largest absolute Gasteiger partial charge is 0.469 e. The Morgan fingerprint density at radius 1 is 1.34 bits per heavy atom. The lowest BCUT2D eigenvalue weighted by Gasteiger charge is -2.32. The fourth-order valence-electron chi connectivity index (χ4n) is 3.92. The number of hydrogen-bond donors (Lipinski definition) is 1. The van der Waals surface area contributed by atoms with Gasteiger partial charge in [-0.25, -0.2) is 4.39 Å². The quantitative estimate of drug-likeness (QED) is 0.683. The number of esters is 1. The van der Waals surface area contributed by atoms with Crippen molar-refractivity contribution in [1.82, 2.24) is 10.5 Å². The fourth-order valence-corrected chi connectivity index (χ4v) is 4.18. The molecule has 1 N–H and O–H groups in total. The first-order valence-electron chi connectivity index (χ1n) is 9.70. The minimum atomic E-state index is -0.575. The molecule has 8 heteroatoms. The zero-order valence-electron chi connectivity index (χ0n) is 16.5. The van der Waals surface area contributed by atoms with E-state index in [0.717, 1.165) is 25.7 Å². The first-order chi connectivity index (χ1) is 13.9. The van der Waals surface area contributed by atoms with Gasteiger partial charge in [-0.1, -0.05) is 35.7 Å². The zero-order chi connectivity index (χ0) is 21.0. The predicted molar refractivity (Wildman–Crippen MR) is 106 cm³/mol. The van der Waals surface area contributed by atoms with Gasteiger partial charge in [-0.05, 0) is 44.2 Å². The second-order valence-corrected chi connectivity index (χ2v) is 7.71. The summed E-state index contributed by atoms with van der Waals surface area (Å²) in [7, 11) is 1.37. The van der Waals surface area contributed by atoms with E-state index in [9.17, 15) is 14.0 Å². The monoisotopic (exact) mass is 422 g/mol. The van der Waals surface area contributed by atoms with E-state index in [4.69, 9.17) is 20.9 Å². The Morgan fingerprint density at radius 3 is 2.83 bits per heavy atom. The zero-order valence-corrected chi connectivity index (χ0v) is 17.2. The highest BCUT2D eigenvalue weighted by atomic mass is 35.5. The Balaban J connectivity index is 1.82. The van der Waals surface area contributed by atoms with Crippen molar-refractivity contribution in [3.05, 3.63) is 40.4 Å². The van der Waals surface area contributed by atoms with Crippen LogP contribution in [0.25, 0.3) is 11.3 Å². The molecule has 0 bridgehead atoms. The highest BCUT2D eigenvalue weighted by Gasteiger charge is 2.31. The van der Waals surface area contributed by atoms with Crippen molar-refractivity contribution in [2.45, 2.75) is 51.5 Å². The summed E-state index contributed by atoms with van der Waals surface area (Å²) in [6.07, 6.45) is 4.76. The standard InChI is InChI=1S/C21H24ClFN2O4/c1-12-18(20(25-29-12)19-14(22)7-5-8-15(19)23)21(27)24-16-9-4-3-6-13(16)10-11-17(26)28-2/h5,7-8,13,16H,3-4,6,9-11H2,1-2H3,(H,24,27)/t13-,16-/m0/s1. The second-order valence-electron chi connectivity index (χ2n) is 7.30. The summed E-state index contributed by atoms with van der Waals surface area (Å²) in [5, 5.41) is 7.09. The number of rotatable bonds is 6. The maximum absolute atomic E-state index is 14.4. The van der Waals surface area contributed by atoms with Crippen LogP contribution in [-0.2, 0) is 9.53 Å². The maximum atomic E-state index is 14.4. The number of aromatic nitrogens is 1. The van der Waals surface area contributed by atoms with E-state index >= 15 is 0 Å². The summed E-state index contributed by atoms with van der Waals surface area (Å²) in [5.74, 6) is -0.750. The number of nitrogens with zero attached hydrogens (tertiary/aromatic N) is 1. The minimum absolute atomic E-state index is 0.0436. The van der Waals surface area contributed by atoms with Gasteiger partial charge in [0.15, 0.2) is 0 Å². The number of nitrogens with one attached hydrogen (secondary N) is 1. The Bertz CT molecular complexity index is 879. The van der Waals surface area contributed by atoms with E-state index in [2.05, 4.69) is 10.5 Å². The topological polar surface area (TPSA) is 81.4 Å². The van der Waals surface area contributed by atoms with E-state index in [-0.39, 0.29) is 45.7 Å². The van der Waals surface area contributed by atoms with Gasteiger partial charge in [0.1, 0.15) is 22.8 Å². The van der Waals surface area contributed by atoms with Crippen LogP contribution < -0.4 is 5.32 Å². The first-order valence-corrected chi connectivity index (χ1v) is 10.1. The van der Waals surface area contributed by atoms with Crippen molar-refractivity contribution in [2.75, 3.05) is 7.11 Å². The Morgan fingerprint density at radius 2 is 2.10 bits per heavy atom. The van der Waals surface area contributed by atoms with Crippen LogP contribution in [-0.4, -0.2) is 30.2 Å². The molecule has 1 saturated carbocycles. The van der Waals surface area contributed by atoms with Gasteiger partial charge in [0.25, 0.3) is 5.91 Å². The highest BCUT2D eigenvalue weighted by Crippen LogP contribution is 2.34. The number of benzene rings is 1. The third-order valence-corrected chi connectivity index (χ3v) is 5.78. The van der Waals surface area contributed by atoms with Crippen LogP contribution in [0.3, 0.4) is 0 Å². The van der Waals surface area contributed by atoms with Gasteiger partial charge in [-0.15, -0.1) is 0 Å². The van der Waals surface area contributed by atoms with Gasteiger partial charge in [0.05, 0.1) is 17.7 Å². The van der Waals surface area contributed by atoms with Gasteiger partial charge in [0.2, 0.25) is 0 Å². The van der Waals surface area contributed by atoms with Crippen LogP contribution >= 0.6 is 11.6 Å². The number of ether oxygens (including phenoxy) is 1. The molecular weight excluding hydrogens is 399 g/mol. The van der Waals surface area contributed by atoms with Crippen LogP contribution in [0.1, 0.15) is 54.6 Å². The van der Waals surface area contributed by atoms with Crippen molar-refractivity contribution < 1.29 is 23.2 Å². The first kappa shape index (κ1) is 21.3. The van der Waals surface area contributed by atoms with E-state index < -0.39 is 5.82 Å². The third-order valence-electron chi connectivity index (χ3n) is 5.46.